The molecule has 4 heterocycles. The van der Waals surface area contributed by atoms with Gasteiger partial charge < -0.3 is 29.5 Å². The van der Waals surface area contributed by atoms with Crippen LogP contribution in [0.15, 0.2) is 71.9 Å². The molecule has 2 saturated heterocycles. The summed E-state index contributed by atoms with van der Waals surface area (Å²) in [6, 6.07) is 20.4. The van der Waals surface area contributed by atoms with Crippen LogP contribution in [-0.2, 0) is 4.79 Å². The summed E-state index contributed by atoms with van der Waals surface area (Å²) in [5.41, 5.74) is 2.33. The summed E-state index contributed by atoms with van der Waals surface area (Å²) in [5, 5.41) is 16.0. The molecule has 1 aromatic heterocycles. The second kappa shape index (κ2) is 10.9. The number of nitrogens with zero attached hydrogens (tertiary/aromatic N) is 4. The Labute approximate surface area is 229 Å². The van der Waals surface area contributed by atoms with Crippen molar-refractivity contribution >= 4 is 12.1 Å². The topological polar surface area (TPSA) is 82.3 Å². The molecule has 0 spiro atoms. The minimum atomic E-state index is -0.841. The van der Waals surface area contributed by atoms with Crippen LogP contribution in [0.4, 0.5) is 0 Å². The summed E-state index contributed by atoms with van der Waals surface area (Å²) in [6.45, 7) is 3.87. The normalized spacial score (nSPS) is 22.4. The molecule has 2 fully saturated rings. The number of methoxy groups -OCH3 is 1. The fourth-order valence-electron chi connectivity index (χ4n) is 6.27. The summed E-state index contributed by atoms with van der Waals surface area (Å²) in [7, 11) is 1.66. The summed E-state index contributed by atoms with van der Waals surface area (Å²) in [5.74, 6) is 1.23. The largest absolute Gasteiger partial charge is 0.497 e. The number of ether oxygens (including phenoxy) is 1. The van der Waals surface area contributed by atoms with Crippen molar-refractivity contribution in [2.75, 3.05) is 46.5 Å². The lowest BCUT2D eigenvalue weighted by Crippen LogP contribution is -2.54. The van der Waals surface area contributed by atoms with Gasteiger partial charge in [0, 0.05) is 61.3 Å². The molecule has 0 unspecified atom stereocenters. The van der Waals surface area contributed by atoms with E-state index in [0.717, 1.165) is 41.7 Å². The molecule has 2 N–H and O–H groups in total. The molecule has 2 atom stereocenters. The SMILES string of the molecule is COc1ccc(-n2ccc3c2=NCN(CC2(O)CCN(C(=O)[C@@H]4CCNC[C@H]4c4ccccc4)CC2)C=3)cc1. The molecule has 3 aliphatic rings. The van der Waals surface area contributed by atoms with Crippen molar-refractivity contribution in [3.63, 3.8) is 0 Å². The fourth-order valence-corrected chi connectivity index (χ4v) is 6.27. The van der Waals surface area contributed by atoms with Gasteiger partial charge in [-0.25, -0.2) is 4.99 Å². The lowest BCUT2D eigenvalue weighted by atomic mass is 9.80. The Morgan fingerprint density at radius 2 is 1.87 bits per heavy atom. The summed E-state index contributed by atoms with van der Waals surface area (Å²) >= 11 is 0. The van der Waals surface area contributed by atoms with Crippen molar-refractivity contribution in [3.8, 4) is 11.4 Å². The number of fused-ring (bicyclic) bond motifs is 1. The summed E-state index contributed by atoms with van der Waals surface area (Å²) < 4.78 is 7.35. The number of aromatic nitrogens is 1. The monoisotopic (exact) mass is 527 g/mol. The summed E-state index contributed by atoms with van der Waals surface area (Å²) in [6.07, 6.45) is 6.12. The molecule has 0 bridgehead atoms. The Bertz CT molecular complexity index is 1410. The number of carbonyl (C=O) groups is 1. The van der Waals surface area contributed by atoms with Gasteiger partial charge in [0.1, 0.15) is 17.9 Å². The minimum Gasteiger partial charge on any atom is -0.497 e. The Morgan fingerprint density at radius 1 is 1.10 bits per heavy atom. The Balaban J connectivity index is 1.09. The molecule has 0 saturated carbocycles. The maximum atomic E-state index is 13.6. The molecule has 3 aromatic rings. The Hall–Kier alpha value is -3.62. The molecule has 8 heteroatoms. The highest BCUT2D eigenvalue weighted by molar-refractivity contribution is 5.80. The lowest BCUT2D eigenvalue weighted by molar-refractivity contribution is -0.141. The minimum absolute atomic E-state index is 0.0118. The van der Waals surface area contributed by atoms with Gasteiger partial charge in [-0.05, 0) is 61.7 Å². The first-order valence-corrected chi connectivity index (χ1v) is 13.9. The zero-order valence-corrected chi connectivity index (χ0v) is 22.5. The van der Waals surface area contributed by atoms with Crippen LogP contribution in [0.1, 0.15) is 30.7 Å². The number of carbonyl (C=O) groups excluding carboxylic acids is 1. The number of hydrogen-bond donors (Lipinski definition) is 2. The van der Waals surface area contributed by atoms with E-state index in [1.807, 2.05) is 53.6 Å². The fraction of sp³-hybridized carbons (Fsp3) is 0.419. The predicted molar refractivity (Wildman–Crippen MR) is 150 cm³/mol. The van der Waals surface area contributed by atoms with Crippen molar-refractivity contribution in [1.29, 1.82) is 0 Å². The van der Waals surface area contributed by atoms with Crippen molar-refractivity contribution in [1.82, 2.24) is 19.7 Å². The van der Waals surface area contributed by atoms with Gasteiger partial charge in [-0.2, -0.15) is 0 Å². The first kappa shape index (κ1) is 25.6. The van der Waals surface area contributed by atoms with Crippen LogP contribution < -0.4 is 20.8 Å². The molecule has 1 amide bonds. The van der Waals surface area contributed by atoms with Gasteiger partial charge in [-0.3, -0.25) is 4.79 Å². The molecule has 39 heavy (non-hydrogen) atoms. The van der Waals surface area contributed by atoms with Crippen molar-refractivity contribution in [2.45, 2.75) is 30.8 Å². The average molecular weight is 528 g/mol. The predicted octanol–water partition coefficient (Wildman–Crippen LogP) is 1.86. The molecular weight excluding hydrogens is 490 g/mol. The molecule has 8 nitrogen and oxygen atoms in total. The van der Waals surface area contributed by atoms with Gasteiger partial charge in [0.05, 0.1) is 12.7 Å². The number of amides is 1. The number of rotatable bonds is 6. The highest BCUT2D eigenvalue weighted by Crippen LogP contribution is 2.33. The maximum absolute atomic E-state index is 13.6. The third-order valence-corrected chi connectivity index (χ3v) is 8.49. The highest BCUT2D eigenvalue weighted by atomic mass is 16.5. The van der Waals surface area contributed by atoms with E-state index in [1.165, 1.54) is 5.56 Å². The van der Waals surface area contributed by atoms with Crippen molar-refractivity contribution in [3.05, 3.63) is 83.1 Å². The van der Waals surface area contributed by atoms with Crippen LogP contribution in [0.5, 0.6) is 5.75 Å². The van der Waals surface area contributed by atoms with Crippen LogP contribution in [-0.4, -0.2) is 77.5 Å². The zero-order valence-electron chi connectivity index (χ0n) is 22.5. The van der Waals surface area contributed by atoms with E-state index in [1.54, 1.807) is 7.11 Å². The Kier molecular flexibility index (Phi) is 7.14. The number of β-amino-alcohol motifs (C(OH)–C–C–N with tert-alkyl or cyclic N) is 1. The molecule has 0 aliphatic carbocycles. The third-order valence-electron chi connectivity index (χ3n) is 8.49. The number of piperidine rings is 2. The van der Waals surface area contributed by atoms with E-state index in [-0.39, 0.29) is 17.7 Å². The first-order valence-electron chi connectivity index (χ1n) is 13.9. The number of aliphatic hydroxyl groups is 1. The van der Waals surface area contributed by atoms with Crippen molar-refractivity contribution in [2.24, 2.45) is 10.9 Å². The van der Waals surface area contributed by atoms with E-state index in [0.29, 0.717) is 39.1 Å². The Morgan fingerprint density at radius 3 is 2.62 bits per heavy atom. The van der Waals surface area contributed by atoms with Crippen molar-refractivity contribution < 1.29 is 14.6 Å². The number of benzene rings is 2. The van der Waals surface area contributed by atoms with Gasteiger partial charge >= 0.3 is 0 Å². The van der Waals surface area contributed by atoms with Gasteiger partial charge in [0.15, 0.2) is 0 Å². The third kappa shape index (κ3) is 5.31. The number of likely N-dealkylation sites (tertiary alicyclic amines) is 1. The quantitative estimate of drug-likeness (QED) is 0.512. The zero-order chi connectivity index (χ0) is 26.8. The van der Waals surface area contributed by atoms with Gasteiger partial charge in [-0.15, -0.1) is 0 Å². The molecule has 2 aromatic carbocycles. The van der Waals surface area contributed by atoms with Crippen LogP contribution in [0.25, 0.3) is 11.9 Å². The number of nitrogens with one attached hydrogen (secondary N) is 1. The van der Waals surface area contributed by atoms with E-state index in [4.69, 9.17) is 9.73 Å². The van der Waals surface area contributed by atoms with E-state index in [2.05, 4.69) is 39.2 Å². The van der Waals surface area contributed by atoms with Gasteiger partial charge in [0.2, 0.25) is 5.91 Å². The van der Waals surface area contributed by atoms with Gasteiger partial charge in [0.25, 0.3) is 0 Å². The van der Waals surface area contributed by atoms with Crippen LogP contribution in [0, 0.1) is 5.92 Å². The number of hydrogen-bond acceptors (Lipinski definition) is 6. The molecule has 6 rings (SSSR count). The first-order chi connectivity index (χ1) is 19.0. The van der Waals surface area contributed by atoms with E-state index >= 15 is 0 Å². The second-order valence-electron chi connectivity index (χ2n) is 11.0. The molecular formula is C31H37N5O3. The van der Waals surface area contributed by atoms with Crippen LogP contribution in [0.3, 0.4) is 0 Å². The molecule has 3 aliphatic heterocycles. The smallest absolute Gasteiger partial charge is 0.226 e. The van der Waals surface area contributed by atoms with Crippen LogP contribution in [0.2, 0.25) is 0 Å². The highest BCUT2D eigenvalue weighted by Gasteiger charge is 2.39. The van der Waals surface area contributed by atoms with E-state index < -0.39 is 5.60 Å². The standard InChI is InChI=1S/C31H37N5O3/c1-39-26-9-7-25(8-10-26)36-16-12-24-20-34(22-33-29(24)36)21-31(38)13-17-35(18-14-31)30(37)27-11-15-32-19-28(27)23-5-3-2-4-6-23/h2-10,12,16,20,27-28,32,38H,11,13-15,17-19,21-22H2,1H3/t27-,28+/m1/s1. The molecule has 0 radical (unpaired) electrons. The van der Waals surface area contributed by atoms with Crippen LogP contribution >= 0.6 is 0 Å². The average Bonchev–Trinajstić information content (AvgIpc) is 3.41. The van der Waals surface area contributed by atoms with E-state index in [9.17, 15) is 9.90 Å². The molecule has 204 valence electrons. The maximum Gasteiger partial charge on any atom is 0.226 e. The van der Waals surface area contributed by atoms with Gasteiger partial charge in [-0.1, -0.05) is 30.3 Å². The summed E-state index contributed by atoms with van der Waals surface area (Å²) in [4.78, 5) is 22.5. The second-order valence-corrected chi connectivity index (χ2v) is 11.0. The lowest BCUT2D eigenvalue weighted by Gasteiger charge is -2.43.